The molecule has 2 unspecified atom stereocenters. The summed E-state index contributed by atoms with van der Waals surface area (Å²) in [6.45, 7) is -2.42. The minimum atomic E-state index is -5.82. The van der Waals surface area contributed by atoms with Crippen LogP contribution in [0.25, 0.3) is 0 Å². The highest BCUT2D eigenvalue weighted by molar-refractivity contribution is 7.66. The molecule has 1 aromatic heterocycles. The van der Waals surface area contributed by atoms with E-state index < -0.39 is 59.9 Å². The molecule has 1 aromatic rings. The largest absolute Gasteiger partial charge is 0.490 e. The summed E-state index contributed by atoms with van der Waals surface area (Å²) in [5, 5.41) is 10.4. The van der Waals surface area contributed by atoms with Crippen molar-refractivity contribution in [2.45, 2.75) is 17.5 Å². The molecular formula is C11H15FN3O13P3. The van der Waals surface area contributed by atoms with Gasteiger partial charge in [-0.2, -0.15) is 13.6 Å². The minimum Gasteiger partial charge on any atom is -0.383 e. The summed E-state index contributed by atoms with van der Waals surface area (Å²) in [6.07, 6.45) is 3.63. The zero-order valence-corrected chi connectivity index (χ0v) is 17.6. The Kier molecular flexibility index (Phi) is 7.02. The third kappa shape index (κ3) is 5.85. The van der Waals surface area contributed by atoms with Crippen molar-refractivity contribution in [2.75, 3.05) is 18.9 Å². The Balaban J connectivity index is 2.23. The number of nitrogen functional groups attached to an aromatic ring is 1. The first-order valence-electron chi connectivity index (χ1n) is 7.58. The number of terminal acetylenes is 1. The molecule has 31 heavy (non-hydrogen) atoms. The predicted octanol–water partition coefficient (Wildman–Crippen LogP) is -1.45. The highest BCUT2D eigenvalue weighted by Crippen LogP contribution is 2.66. The number of anilines is 1. The molecule has 20 heteroatoms. The molecule has 1 aliphatic rings. The Morgan fingerprint density at radius 3 is 2.45 bits per heavy atom. The average molecular weight is 509 g/mol. The number of phosphoric acid groups is 3. The van der Waals surface area contributed by atoms with Crippen molar-refractivity contribution in [3.8, 4) is 12.3 Å². The molecule has 1 saturated heterocycles. The van der Waals surface area contributed by atoms with Crippen LogP contribution in [0.15, 0.2) is 17.1 Å². The highest BCUT2D eigenvalue weighted by atomic mass is 31.3. The molecule has 1 fully saturated rings. The lowest BCUT2D eigenvalue weighted by Crippen LogP contribution is -2.53. The molecule has 2 heterocycles. The van der Waals surface area contributed by atoms with Gasteiger partial charge in [0, 0.05) is 6.20 Å². The molecule has 0 aromatic carbocycles. The smallest absolute Gasteiger partial charge is 0.383 e. The molecule has 0 radical (unpaired) electrons. The molecule has 7 N–H and O–H groups in total. The van der Waals surface area contributed by atoms with Crippen LogP contribution in [0, 0.1) is 12.3 Å². The fourth-order valence-corrected chi connectivity index (χ4v) is 5.46. The van der Waals surface area contributed by atoms with Crippen molar-refractivity contribution < 1.29 is 60.6 Å². The second-order valence-corrected chi connectivity index (χ2v) is 10.3. The van der Waals surface area contributed by atoms with Crippen molar-refractivity contribution in [3.63, 3.8) is 0 Å². The molecule has 0 bridgehead atoms. The number of alkyl halides is 1. The molecule has 0 saturated carbocycles. The van der Waals surface area contributed by atoms with E-state index in [9.17, 15) is 28.5 Å². The first-order valence-corrected chi connectivity index (χ1v) is 12.1. The standard InChI is InChI=1S/C11H15FN3O13P3/c1-2-10(5-26-30(21,22)28-31(23,24)27-29(18,19)20)8(16)11(12,6-25-10)15-4-3-7(13)14-9(15)17/h1,3-4,8,16H,5-6H2,(H,21,22)(H,23,24)(H2,13,14,17)(H2,18,19,20)/t8-,10-,11+/m1/s1. The van der Waals surface area contributed by atoms with Crippen LogP contribution in [0.5, 0.6) is 0 Å². The van der Waals surface area contributed by atoms with E-state index in [1.807, 2.05) is 0 Å². The van der Waals surface area contributed by atoms with Gasteiger partial charge in [0.25, 0.3) is 0 Å². The van der Waals surface area contributed by atoms with Gasteiger partial charge < -0.3 is 35.2 Å². The van der Waals surface area contributed by atoms with Gasteiger partial charge in [-0.3, -0.25) is 9.09 Å². The number of nitrogens with zero attached hydrogens (tertiary/aromatic N) is 2. The Hall–Kier alpha value is -1.50. The van der Waals surface area contributed by atoms with Gasteiger partial charge in [0.15, 0.2) is 11.7 Å². The number of phosphoric ester groups is 1. The highest BCUT2D eigenvalue weighted by Gasteiger charge is 2.61. The number of hydrogen-bond donors (Lipinski definition) is 6. The Morgan fingerprint density at radius 2 is 1.94 bits per heavy atom. The SMILES string of the molecule is C#C[C@]1(COP(=O)(O)OP(=O)(O)OP(=O)(O)O)OC[C@](F)(n2ccc(N)nc2=O)[C@@H]1O. The molecule has 0 aliphatic carbocycles. The van der Waals surface area contributed by atoms with Gasteiger partial charge in [-0.05, 0) is 6.07 Å². The minimum absolute atomic E-state index is 0.255. The number of hydrogen-bond acceptors (Lipinski definition) is 11. The van der Waals surface area contributed by atoms with Gasteiger partial charge in [0.2, 0.25) is 5.79 Å². The van der Waals surface area contributed by atoms with Gasteiger partial charge in [0.1, 0.15) is 19.0 Å². The van der Waals surface area contributed by atoms with E-state index in [1.54, 1.807) is 5.92 Å². The van der Waals surface area contributed by atoms with Crippen molar-refractivity contribution in [1.29, 1.82) is 0 Å². The zero-order valence-electron chi connectivity index (χ0n) is 14.9. The fraction of sp³-hybridized carbons (Fsp3) is 0.455. The lowest BCUT2D eigenvalue weighted by molar-refractivity contribution is -0.0745. The predicted molar refractivity (Wildman–Crippen MR) is 95.3 cm³/mol. The van der Waals surface area contributed by atoms with E-state index >= 15 is 4.39 Å². The third-order valence-corrected chi connectivity index (χ3v) is 7.50. The second kappa shape index (κ2) is 8.45. The Labute approximate surface area is 171 Å². The van der Waals surface area contributed by atoms with Crippen molar-refractivity contribution in [2.24, 2.45) is 0 Å². The average Bonchev–Trinajstić information content (AvgIpc) is 2.83. The number of aliphatic hydroxyl groups is 1. The van der Waals surface area contributed by atoms with E-state index in [2.05, 4.69) is 18.1 Å². The summed E-state index contributed by atoms with van der Waals surface area (Å²) >= 11 is 0. The zero-order chi connectivity index (χ0) is 23.9. The van der Waals surface area contributed by atoms with Crippen molar-refractivity contribution in [1.82, 2.24) is 9.55 Å². The lowest BCUT2D eigenvalue weighted by Gasteiger charge is -2.30. The first-order chi connectivity index (χ1) is 14.0. The number of aliphatic hydroxyl groups excluding tert-OH is 1. The summed E-state index contributed by atoms with van der Waals surface area (Å²) in [5.74, 6) is -1.51. The van der Waals surface area contributed by atoms with E-state index in [1.165, 1.54) is 0 Å². The van der Waals surface area contributed by atoms with Crippen LogP contribution in [0.4, 0.5) is 10.2 Å². The molecule has 0 spiro atoms. The molecule has 2 rings (SSSR count). The van der Waals surface area contributed by atoms with E-state index in [4.69, 9.17) is 31.6 Å². The molecule has 16 nitrogen and oxygen atoms in total. The van der Waals surface area contributed by atoms with Gasteiger partial charge in [-0.25, -0.2) is 22.9 Å². The van der Waals surface area contributed by atoms with Crippen molar-refractivity contribution >= 4 is 29.3 Å². The van der Waals surface area contributed by atoms with E-state index in [0.29, 0.717) is 4.57 Å². The summed E-state index contributed by atoms with van der Waals surface area (Å²) in [6, 6.07) is 1.03. The lowest BCUT2D eigenvalue weighted by atomic mass is 9.94. The van der Waals surface area contributed by atoms with Crippen LogP contribution in [0.1, 0.15) is 0 Å². The number of ether oxygens (including phenoxy) is 1. The van der Waals surface area contributed by atoms with Crippen LogP contribution in [-0.2, 0) is 37.4 Å². The molecule has 174 valence electrons. The summed E-state index contributed by atoms with van der Waals surface area (Å²) in [4.78, 5) is 50.7. The van der Waals surface area contributed by atoms with E-state index in [-0.39, 0.29) is 5.82 Å². The van der Waals surface area contributed by atoms with Gasteiger partial charge >= 0.3 is 29.2 Å². The van der Waals surface area contributed by atoms with Crippen LogP contribution < -0.4 is 11.4 Å². The third-order valence-electron chi connectivity index (χ3n) is 3.72. The van der Waals surface area contributed by atoms with E-state index in [0.717, 1.165) is 12.3 Å². The Morgan fingerprint density at radius 1 is 1.32 bits per heavy atom. The molecule has 5 atom stereocenters. The van der Waals surface area contributed by atoms with Crippen LogP contribution >= 0.6 is 23.5 Å². The number of halogens is 1. The first kappa shape index (κ1) is 25.8. The summed E-state index contributed by atoms with van der Waals surface area (Å²) < 4.78 is 65.8. The van der Waals surface area contributed by atoms with Crippen LogP contribution in [0.2, 0.25) is 0 Å². The quantitative estimate of drug-likeness (QED) is 0.173. The number of nitrogens with two attached hydrogens (primary N) is 1. The van der Waals surface area contributed by atoms with Gasteiger partial charge in [-0.1, -0.05) is 5.92 Å². The van der Waals surface area contributed by atoms with Crippen LogP contribution in [0.3, 0.4) is 0 Å². The number of rotatable bonds is 8. The Bertz CT molecular complexity index is 1100. The normalized spacial score (nSPS) is 30.3. The van der Waals surface area contributed by atoms with Gasteiger partial charge in [0.05, 0.1) is 0 Å². The maximum Gasteiger partial charge on any atom is 0.490 e. The van der Waals surface area contributed by atoms with Crippen molar-refractivity contribution in [3.05, 3.63) is 22.7 Å². The van der Waals surface area contributed by atoms with Crippen LogP contribution in [-0.4, -0.2) is 59.2 Å². The van der Waals surface area contributed by atoms with Gasteiger partial charge in [-0.15, -0.1) is 6.42 Å². The molecule has 1 aliphatic heterocycles. The topological polar surface area (TPSA) is 250 Å². The summed E-state index contributed by atoms with van der Waals surface area (Å²) in [5.41, 5.74) is 1.54. The monoisotopic (exact) mass is 509 g/mol. The maximum atomic E-state index is 15.4. The number of aromatic nitrogens is 2. The second-order valence-electron chi connectivity index (χ2n) is 5.91. The molecule has 0 amide bonds. The maximum absolute atomic E-state index is 15.4. The fourth-order valence-electron chi connectivity index (χ4n) is 2.41. The molecular weight excluding hydrogens is 494 g/mol. The summed E-state index contributed by atoms with van der Waals surface area (Å²) in [7, 11) is -17.1.